The zero-order valence-electron chi connectivity index (χ0n) is 24.4. The molecule has 0 atom stereocenters. The average Bonchev–Trinajstić information content (AvgIpc) is 3.78. The summed E-state index contributed by atoms with van der Waals surface area (Å²) in [6.07, 6.45) is 0. The van der Waals surface area contributed by atoms with E-state index in [-0.39, 0.29) is 0 Å². The first-order valence-corrected chi connectivity index (χ1v) is 16.6. The number of hydrogen-bond acceptors (Lipinski definition) is 4. The van der Waals surface area contributed by atoms with Crippen LogP contribution in [0.3, 0.4) is 0 Å². The van der Waals surface area contributed by atoms with Crippen molar-refractivity contribution in [2.24, 2.45) is 0 Å². The Labute approximate surface area is 265 Å². The molecule has 0 N–H and O–H groups in total. The molecule has 2 aliphatic rings. The first-order chi connectivity index (χ1) is 21.6. The van der Waals surface area contributed by atoms with Gasteiger partial charge in [-0.3, -0.25) is 0 Å². The number of aromatic nitrogens is 2. The molecule has 2 heterocycles. The Kier molecular flexibility index (Phi) is 5.53. The monoisotopic (exact) mass is 600 g/mol. The molecule has 2 aromatic heterocycles. The summed E-state index contributed by atoms with van der Waals surface area (Å²) in [5.74, 6) is 0. The second-order valence-corrected chi connectivity index (χ2v) is 14.1. The van der Waals surface area contributed by atoms with Crippen LogP contribution in [-0.4, -0.2) is 9.97 Å². The van der Waals surface area contributed by atoms with Gasteiger partial charge >= 0.3 is 0 Å². The Morgan fingerprint density at radius 1 is 0.432 bits per heavy atom. The first kappa shape index (κ1) is 25.8. The summed E-state index contributed by atoms with van der Waals surface area (Å²) in [5, 5.41) is 2.18. The molecule has 210 valence electrons. The Morgan fingerprint density at radius 2 is 0.727 bits per heavy atom. The number of hydrogen-bond donors (Lipinski definition) is 0. The lowest BCUT2D eigenvalue weighted by atomic mass is 9.67. The Bertz CT molecular complexity index is 1940. The predicted molar refractivity (Wildman–Crippen MR) is 182 cm³/mol. The van der Waals surface area contributed by atoms with E-state index in [0.717, 1.165) is 21.4 Å². The van der Waals surface area contributed by atoms with Crippen molar-refractivity contribution in [2.75, 3.05) is 0 Å². The number of aryl methyl sites for hydroxylation is 2. The molecule has 0 saturated heterocycles. The molecular weight excluding hydrogens is 573 g/mol. The molecule has 44 heavy (non-hydrogen) atoms. The van der Waals surface area contributed by atoms with E-state index in [9.17, 15) is 0 Å². The summed E-state index contributed by atoms with van der Waals surface area (Å²) >= 11 is 3.63. The molecule has 4 heteroatoms. The molecule has 0 aliphatic heterocycles. The van der Waals surface area contributed by atoms with Crippen molar-refractivity contribution in [3.63, 3.8) is 0 Å². The lowest BCUT2D eigenvalue weighted by Gasteiger charge is -2.34. The van der Waals surface area contributed by atoms with Crippen LogP contribution in [0, 0.1) is 13.8 Å². The van der Waals surface area contributed by atoms with Crippen LogP contribution in [0.5, 0.6) is 0 Å². The maximum absolute atomic E-state index is 5.33. The van der Waals surface area contributed by atoms with Crippen molar-refractivity contribution in [2.45, 2.75) is 24.7 Å². The average molecular weight is 601 g/mol. The topological polar surface area (TPSA) is 25.8 Å². The van der Waals surface area contributed by atoms with Crippen LogP contribution < -0.4 is 0 Å². The molecule has 7 aromatic rings. The van der Waals surface area contributed by atoms with Crippen molar-refractivity contribution in [3.8, 4) is 20.9 Å². The van der Waals surface area contributed by atoms with Crippen LogP contribution in [-0.2, 0) is 10.8 Å². The van der Waals surface area contributed by atoms with Gasteiger partial charge in [0.15, 0.2) is 0 Å². The largest absolute Gasteiger partial charge is 0.244 e. The van der Waals surface area contributed by atoms with E-state index in [1.165, 1.54) is 54.3 Å². The standard InChI is InChI=1S/C40H28N2S2/c1-25-41-37-35(43-25)31-23-34-32(24-33(31)39(37,27-15-7-3-8-16-27)28-17-9-4-10-18-28)36-38(42-26(2)44-36)40(34,29-19-11-5-12-20-29)30-21-13-6-14-22-30/h3-24H,1-2H3. The van der Waals surface area contributed by atoms with Crippen molar-refractivity contribution in [3.05, 3.63) is 188 Å². The fourth-order valence-electron chi connectivity index (χ4n) is 7.83. The summed E-state index contributed by atoms with van der Waals surface area (Å²) in [5.41, 5.74) is 11.4. The maximum Gasteiger partial charge on any atom is 0.0904 e. The number of fused-ring (bicyclic) bond motifs is 6. The highest BCUT2D eigenvalue weighted by Crippen LogP contribution is 2.63. The first-order valence-electron chi connectivity index (χ1n) is 15.0. The van der Waals surface area contributed by atoms with Crippen molar-refractivity contribution < 1.29 is 0 Å². The van der Waals surface area contributed by atoms with Crippen molar-refractivity contribution in [1.82, 2.24) is 9.97 Å². The fourth-order valence-corrected chi connectivity index (χ4v) is 9.85. The van der Waals surface area contributed by atoms with E-state index in [1.54, 1.807) is 0 Å². The van der Waals surface area contributed by atoms with Crippen LogP contribution in [0.2, 0.25) is 0 Å². The van der Waals surface area contributed by atoms with Gasteiger partial charge in [-0.1, -0.05) is 121 Å². The second-order valence-electron chi connectivity index (χ2n) is 11.7. The van der Waals surface area contributed by atoms with E-state index in [4.69, 9.17) is 9.97 Å². The predicted octanol–water partition coefficient (Wildman–Crippen LogP) is 9.94. The zero-order chi connectivity index (χ0) is 29.5. The lowest BCUT2D eigenvalue weighted by Crippen LogP contribution is -2.30. The van der Waals surface area contributed by atoms with E-state index < -0.39 is 10.8 Å². The smallest absolute Gasteiger partial charge is 0.0904 e. The summed E-state index contributed by atoms with van der Waals surface area (Å²) in [7, 11) is 0. The highest BCUT2D eigenvalue weighted by atomic mass is 32.1. The zero-order valence-corrected chi connectivity index (χ0v) is 26.0. The molecule has 0 fully saturated rings. The van der Waals surface area contributed by atoms with E-state index in [0.29, 0.717) is 0 Å². The molecule has 9 rings (SSSR count). The van der Waals surface area contributed by atoms with Gasteiger partial charge < -0.3 is 0 Å². The molecule has 0 spiro atoms. The number of benzene rings is 5. The third-order valence-electron chi connectivity index (χ3n) is 9.46. The lowest BCUT2D eigenvalue weighted by molar-refractivity contribution is 0.731. The summed E-state index contributed by atoms with van der Waals surface area (Å²) < 4.78 is 0. The molecule has 0 amide bonds. The molecule has 0 saturated carbocycles. The van der Waals surface area contributed by atoms with Crippen LogP contribution in [0.15, 0.2) is 133 Å². The van der Waals surface area contributed by atoms with Crippen molar-refractivity contribution >= 4 is 22.7 Å². The third kappa shape index (κ3) is 3.25. The van der Waals surface area contributed by atoms with Gasteiger partial charge in [0.1, 0.15) is 0 Å². The minimum absolute atomic E-state index is 0.516. The number of rotatable bonds is 4. The van der Waals surface area contributed by atoms with Crippen LogP contribution in [0.1, 0.15) is 54.8 Å². The summed E-state index contributed by atoms with van der Waals surface area (Å²) in [6, 6.07) is 48.9. The van der Waals surface area contributed by atoms with Gasteiger partial charge in [-0.25, -0.2) is 9.97 Å². The van der Waals surface area contributed by atoms with Gasteiger partial charge in [-0.15, -0.1) is 22.7 Å². The van der Waals surface area contributed by atoms with Gasteiger partial charge in [-0.05, 0) is 70.5 Å². The highest BCUT2D eigenvalue weighted by molar-refractivity contribution is 7.15. The van der Waals surface area contributed by atoms with Crippen LogP contribution in [0.4, 0.5) is 0 Å². The van der Waals surface area contributed by atoms with Gasteiger partial charge in [-0.2, -0.15) is 0 Å². The van der Waals surface area contributed by atoms with E-state index in [1.807, 2.05) is 22.7 Å². The summed E-state index contributed by atoms with van der Waals surface area (Å²) in [4.78, 5) is 13.2. The normalized spacial score (nSPS) is 15.0. The maximum atomic E-state index is 5.33. The van der Waals surface area contributed by atoms with Gasteiger partial charge in [0.2, 0.25) is 0 Å². The van der Waals surface area contributed by atoms with Crippen molar-refractivity contribution in [1.29, 1.82) is 0 Å². The molecule has 2 nitrogen and oxygen atoms in total. The molecule has 0 unspecified atom stereocenters. The second kappa shape index (κ2) is 9.43. The Balaban J connectivity index is 1.46. The van der Waals surface area contributed by atoms with Gasteiger partial charge in [0.25, 0.3) is 0 Å². The van der Waals surface area contributed by atoms with E-state index in [2.05, 4.69) is 147 Å². The highest BCUT2D eigenvalue weighted by Gasteiger charge is 2.54. The third-order valence-corrected chi connectivity index (χ3v) is 11.5. The van der Waals surface area contributed by atoms with E-state index >= 15 is 0 Å². The summed E-state index contributed by atoms with van der Waals surface area (Å²) in [6.45, 7) is 4.28. The number of thiazole rings is 2. The molecule has 5 aromatic carbocycles. The minimum Gasteiger partial charge on any atom is -0.244 e. The van der Waals surface area contributed by atoms with Gasteiger partial charge in [0.05, 0.1) is 42.0 Å². The Hall–Kier alpha value is -4.64. The molecule has 0 bridgehead atoms. The molecule has 0 radical (unpaired) electrons. The SMILES string of the molecule is Cc1nc2c(s1)-c1cc3c(cc1C2(c1ccccc1)c1ccccc1)-c1sc(C)nc1C3(c1ccccc1)c1ccccc1. The number of nitrogens with zero attached hydrogens (tertiary/aromatic N) is 2. The minimum atomic E-state index is -0.516. The van der Waals surface area contributed by atoms with Crippen LogP contribution in [0.25, 0.3) is 20.9 Å². The molecule has 2 aliphatic carbocycles. The molecular formula is C40H28N2S2. The Morgan fingerprint density at radius 3 is 1.02 bits per heavy atom. The van der Waals surface area contributed by atoms with Gasteiger partial charge in [0, 0.05) is 0 Å². The van der Waals surface area contributed by atoms with Crippen LogP contribution >= 0.6 is 22.7 Å². The fraction of sp³-hybridized carbons (Fsp3) is 0.100. The quantitative estimate of drug-likeness (QED) is 0.201.